The Kier molecular flexibility index (Phi) is 6.09. The lowest BCUT2D eigenvalue weighted by atomic mass is 10.2. The second kappa shape index (κ2) is 8.26. The number of carbonyl (C=O) groups excluding carboxylic acids is 2. The van der Waals surface area contributed by atoms with Crippen molar-refractivity contribution < 1.29 is 9.59 Å². The summed E-state index contributed by atoms with van der Waals surface area (Å²) in [6, 6.07) is 12.8. The van der Waals surface area contributed by atoms with Crippen LogP contribution in [0.5, 0.6) is 0 Å². The Hall–Kier alpha value is -2.66. The summed E-state index contributed by atoms with van der Waals surface area (Å²) in [6.07, 6.45) is 1.20. The molecule has 0 heterocycles. The molecule has 0 fully saturated rings. The van der Waals surface area contributed by atoms with Crippen molar-refractivity contribution in [3.8, 4) is 0 Å². The number of hydrogen-bond acceptors (Lipinski definition) is 3. The van der Waals surface area contributed by atoms with Gasteiger partial charge in [-0.2, -0.15) is 5.10 Å². The SMILES string of the molecule is Cc1ccc(C=NNC(=O)CC(=O)Nc2ccc(C)c(Cl)c2)cc1. The predicted octanol–water partition coefficient (Wildman–Crippen LogP) is 3.44. The van der Waals surface area contributed by atoms with Crippen LogP contribution in [0.25, 0.3) is 0 Å². The Morgan fingerprint density at radius 1 is 1.08 bits per heavy atom. The van der Waals surface area contributed by atoms with Gasteiger partial charge in [0, 0.05) is 10.7 Å². The van der Waals surface area contributed by atoms with Crippen LogP contribution in [0.2, 0.25) is 5.02 Å². The summed E-state index contributed by atoms with van der Waals surface area (Å²) in [5.41, 5.74) is 5.79. The molecular weight excluding hydrogens is 326 g/mol. The summed E-state index contributed by atoms with van der Waals surface area (Å²) in [7, 11) is 0. The van der Waals surface area contributed by atoms with E-state index < -0.39 is 11.8 Å². The Morgan fingerprint density at radius 3 is 2.46 bits per heavy atom. The fourth-order valence-electron chi connectivity index (χ4n) is 1.89. The Balaban J connectivity index is 1.81. The van der Waals surface area contributed by atoms with Crippen LogP contribution >= 0.6 is 11.6 Å². The van der Waals surface area contributed by atoms with E-state index >= 15 is 0 Å². The van der Waals surface area contributed by atoms with Crippen LogP contribution in [0.1, 0.15) is 23.1 Å². The molecule has 6 heteroatoms. The Labute approximate surface area is 145 Å². The van der Waals surface area contributed by atoms with Crippen molar-refractivity contribution >= 4 is 35.3 Å². The first kappa shape index (κ1) is 17.7. The number of hydrogen-bond donors (Lipinski definition) is 2. The van der Waals surface area contributed by atoms with Gasteiger partial charge in [0.2, 0.25) is 11.8 Å². The third-order valence-corrected chi connectivity index (χ3v) is 3.66. The molecule has 0 aliphatic rings. The topological polar surface area (TPSA) is 70.6 Å². The largest absolute Gasteiger partial charge is 0.326 e. The average Bonchev–Trinajstić information content (AvgIpc) is 2.53. The van der Waals surface area contributed by atoms with Gasteiger partial charge in [0.05, 0.1) is 6.21 Å². The standard InChI is InChI=1S/C18H18ClN3O2/c1-12-3-6-14(7-4-12)11-20-22-18(24)10-17(23)21-15-8-5-13(2)16(19)9-15/h3-9,11H,10H2,1-2H3,(H,21,23)(H,22,24). The molecule has 0 spiro atoms. The van der Waals surface area contributed by atoms with E-state index in [9.17, 15) is 9.59 Å². The minimum absolute atomic E-state index is 0.323. The Bertz CT molecular complexity index is 770. The van der Waals surface area contributed by atoms with Crippen molar-refractivity contribution in [2.24, 2.45) is 5.10 Å². The maximum atomic E-state index is 11.8. The fraction of sp³-hybridized carbons (Fsp3) is 0.167. The van der Waals surface area contributed by atoms with E-state index in [0.717, 1.165) is 16.7 Å². The van der Waals surface area contributed by atoms with Crippen molar-refractivity contribution in [1.29, 1.82) is 0 Å². The molecule has 0 bridgehead atoms. The van der Waals surface area contributed by atoms with Crippen LogP contribution in [0.15, 0.2) is 47.6 Å². The van der Waals surface area contributed by atoms with Gasteiger partial charge in [-0.1, -0.05) is 47.5 Å². The normalized spacial score (nSPS) is 10.6. The van der Waals surface area contributed by atoms with Crippen molar-refractivity contribution in [2.75, 3.05) is 5.32 Å². The minimum atomic E-state index is -0.492. The third-order valence-electron chi connectivity index (χ3n) is 3.26. The van der Waals surface area contributed by atoms with Gasteiger partial charge in [-0.05, 0) is 37.1 Å². The zero-order valence-electron chi connectivity index (χ0n) is 13.5. The van der Waals surface area contributed by atoms with E-state index in [1.807, 2.05) is 38.1 Å². The monoisotopic (exact) mass is 343 g/mol. The number of anilines is 1. The molecule has 2 aromatic rings. The van der Waals surface area contributed by atoms with Gasteiger partial charge in [-0.15, -0.1) is 0 Å². The van der Waals surface area contributed by atoms with Gasteiger partial charge >= 0.3 is 0 Å². The zero-order chi connectivity index (χ0) is 17.5. The van der Waals surface area contributed by atoms with Crippen LogP contribution in [-0.2, 0) is 9.59 Å². The molecule has 0 aliphatic heterocycles. The van der Waals surface area contributed by atoms with Crippen molar-refractivity contribution in [2.45, 2.75) is 20.3 Å². The quantitative estimate of drug-likeness (QED) is 0.496. The third kappa shape index (κ3) is 5.52. The second-order valence-corrected chi connectivity index (χ2v) is 5.80. The molecule has 0 aromatic heterocycles. The lowest BCUT2D eigenvalue weighted by Gasteiger charge is -2.06. The number of hydrazone groups is 1. The molecule has 0 aliphatic carbocycles. The van der Waals surface area contributed by atoms with Gasteiger partial charge in [-0.3, -0.25) is 9.59 Å². The molecule has 0 radical (unpaired) electrons. The molecule has 2 amide bonds. The molecule has 2 rings (SSSR count). The predicted molar refractivity (Wildman–Crippen MR) is 96.4 cm³/mol. The second-order valence-electron chi connectivity index (χ2n) is 5.39. The number of benzene rings is 2. The van der Waals surface area contributed by atoms with Gasteiger partial charge in [0.25, 0.3) is 0 Å². The van der Waals surface area contributed by atoms with E-state index in [2.05, 4.69) is 15.8 Å². The Morgan fingerprint density at radius 2 is 1.79 bits per heavy atom. The van der Waals surface area contributed by atoms with Gasteiger partial charge in [0.15, 0.2) is 0 Å². The molecule has 2 aromatic carbocycles. The van der Waals surface area contributed by atoms with Crippen LogP contribution in [-0.4, -0.2) is 18.0 Å². The fourth-order valence-corrected chi connectivity index (χ4v) is 2.07. The smallest absolute Gasteiger partial charge is 0.249 e. The van der Waals surface area contributed by atoms with Gasteiger partial charge < -0.3 is 5.32 Å². The van der Waals surface area contributed by atoms with E-state index in [-0.39, 0.29) is 6.42 Å². The number of nitrogens with one attached hydrogen (secondary N) is 2. The number of aryl methyl sites for hydroxylation is 2. The number of amides is 2. The highest BCUT2D eigenvalue weighted by atomic mass is 35.5. The van der Waals surface area contributed by atoms with E-state index in [1.54, 1.807) is 18.2 Å². The maximum Gasteiger partial charge on any atom is 0.249 e. The van der Waals surface area contributed by atoms with Crippen LogP contribution in [0, 0.1) is 13.8 Å². The van der Waals surface area contributed by atoms with Crippen molar-refractivity contribution in [3.63, 3.8) is 0 Å². The lowest BCUT2D eigenvalue weighted by Crippen LogP contribution is -2.24. The number of nitrogens with zero attached hydrogens (tertiary/aromatic N) is 1. The highest BCUT2D eigenvalue weighted by molar-refractivity contribution is 6.31. The van der Waals surface area contributed by atoms with Gasteiger partial charge in [-0.25, -0.2) is 5.43 Å². The highest BCUT2D eigenvalue weighted by Crippen LogP contribution is 2.19. The molecular formula is C18H18ClN3O2. The molecule has 2 N–H and O–H groups in total. The van der Waals surface area contributed by atoms with E-state index in [0.29, 0.717) is 10.7 Å². The average molecular weight is 344 g/mol. The first-order chi connectivity index (χ1) is 11.4. The molecule has 0 saturated carbocycles. The molecule has 0 atom stereocenters. The number of rotatable bonds is 5. The molecule has 5 nitrogen and oxygen atoms in total. The minimum Gasteiger partial charge on any atom is -0.326 e. The van der Waals surface area contributed by atoms with Crippen molar-refractivity contribution in [3.05, 3.63) is 64.2 Å². The zero-order valence-corrected chi connectivity index (χ0v) is 14.2. The molecule has 0 saturated heterocycles. The van der Waals surface area contributed by atoms with E-state index in [1.165, 1.54) is 6.21 Å². The van der Waals surface area contributed by atoms with Crippen LogP contribution in [0.4, 0.5) is 5.69 Å². The summed E-state index contributed by atoms with van der Waals surface area (Å²) in [5.74, 6) is -0.924. The first-order valence-corrected chi connectivity index (χ1v) is 7.76. The number of halogens is 1. The van der Waals surface area contributed by atoms with Crippen molar-refractivity contribution in [1.82, 2.24) is 5.43 Å². The maximum absolute atomic E-state index is 11.8. The lowest BCUT2D eigenvalue weighted by molar-refractivity contribution is -0.126. The van der Waals surface area contributed by atoms with Gasteiger partial charge in [0.1, 0.15) is 6.42 Å². The first-order valence-electron chi connectivity index (χ1n) is 7.38. The summed E-state index contributed by atoms with van der Waals surface area (Å²) in [6.45, 7) is 3.86. The van der Waals surface area contributed by atoms with Crippen LogP contribution in [0.3, 0.4) is 0 Å². The molecule has 0 unspecified atom stereocenters. The highest BCUT2D eigenvalue weighted by Gasteiger charge is 2.09. The summed E-state index contributed by atoms with van der Waals surface area (Å²) < 4.78 is 0. The molecule has 124 valence electrons. The number of carbonyl (C=O) groups is 2. The molecule has 24 heavy (non-hydrogen) atoms. The summed E-state index contributed by atoms with van der Waals surface area (Å²) in [4.78, 5) is 23.5. The van der Waals surface area contributed by atoms with E-state index in [4.69, 9.17) is 11.6 Å². The van der Waals surface area contributed by atoms with Crippen LogP contribution < -0.4 is 10.7 Å². The summed E-state index contributed by atoms with van der Waals surface area (Å²) >= 11 is 5.99. The summed E-state index contributed by atoms with van der Waals surface area (Å²) in [5, 5.41) is 7.01.